The van der Waals surface area contributed by atoms with Crippen LogP contribution in [-0.2, 0) is 33.4 Å². The number of hydrogen-bond acceptors (Lipinski definition) is 7. The number of Topliss-reactive ketones (excluding diaryl/α,β-unsaturated/α-hetero) is 1. The number of carbonyl (C=O) groups excluding carboxylic acids is 4. The zero-order valence-corrected chi connectivity index (χ0v) is 17.4. The van der Waals surface area contributed by atoms with E-state index >= 15 is 0 Å². The summed E-state index contributed by atoms with van der Waals surface area (Å²) in [4.78, 5) is 50.2. The molecule has 1 aliphatic carbocycles. The maximum Gasteiger partial charge on any atom is 0.336 e. The lowest BCUT2D eigenvalue weighted by Gasteiger charge is -2.39. The fraction of sp³-hybridized carbons (Fsp3) is 0.700. The third kappa shape index (κ3) is 5.65. The number of esters is 3. The molecule has 0 spiro atoms. The number of hydrogen-bond donors (Lipinski definition) is 0. The molecule has 0 heterocycles. The van der Waals surface area contributed by atoms with Gasteiger partial charge in [-0.2, -0.15) is 0 Å². The monoisotopic (exact) mass is 382 g/mol. The largest absolute Gasteiger partial charge is 0.463 e. The lowest BCUT2D eigenvalue weighted by Crippen LogP contribution is -2.49. The van der Waals surface area contributed by atoms with E-state index in [1.54, 1.807) is 55.4 Å². The van der Waals surface area contributed by atoms with Crippen LogP contribution in [0, 0.1) is 11.8 Å². The first-order chi connectivity index (χ1) is 12.2. The second-order valence-electron chi connectivity index (χ2n) is 8.36. The van der Waals surface area contributed by atoms with Gasteiger partial charge in [0.25, 0.3) is 0 Å². The normalized spacial score (nSPS) is 19.9. The van der Waals surface area contributed by atoms with Gasteiger partial charge in [-0.3, -0.25) is 9.59 Å². The zero-order valence-electron chi connectivity index (χ0n) is 17.4. The van der Waals surface area contributed by atoms with Gasteiger partial charge in [0.05, 0.1) is 23.7 Å². The summed E-state index contributed by atoms with van der Waals surface area (Å²) in [7, 11) is 0. The fourth-order valence-corrected chi connectivity index (χ4v) is 2.77. The third-order valence-corrected chi connectivity index (χ3v) is 3.72. The Bertz CT molecular complexity index is 659. The number of ether oxygens (including phenoxy) is 3. The molecule has 0 radical (unpaired) electrons. The second-order valence-corrected chi connectivity index (χ2v) is 8.36. The summed E-state index contributed by atoms with van der Waals surface area (Å²) < 4.78 is 15.7. The molecule has 7 heteroatoms. The highest BCUT2D eigenvalue weighted by Gasteiger charge is 2.56. The molecule has 0 saturated heterocycles. The topological polar surface area (TPSA) is 96.0 Å². The molecule has 2 atom stereocenters. The summed E-state index contributed by atoms with van der Waals surface area (Å²) in [6, 6.07) is 0. The highest BCUT2D eigenvalue weighted by Crippen LogP contribution is 2.45. The molecule has 0 aromatic heterocycles. The minimum atomic E-state index is -1.18. The highest BCUT2D eigenvalue weighted by molar-refractivity contribution is 6.14. The van der Waals surface area contributed by atoms with Crippen LogP contribution >= 0.6 is 0 Å². The van der Waals surface area contributed by atoms with Crippen molar-refractivity contribution < 1.29 is 33.4 Å². The van der Waals surface area contributed by atoms with Crippen LogP contribution in [0.25, 0.3) is 0 Å². The van der Waals surface area contributed by atoms with Gasteiger partial charge in [-0.1, -0.05) is 6.92 Å². The quantitative estimate of drug-likeness (QED) is 0.515. The highest BCUT2D eigenvalue weighted by atomic mass is 16.6. The predicted octanol–water partition coefficient (Wildman–Crippen LogP) is 2.75. The van der Waals surface area contributed by atoms with Crippen LogP contribution < -0.4 is 0 Å². The lowest BCUT2D eigenvalue weighted by molar-refractivity contribution is -0.167. The molecule has 0 aliphatic heterocycles. The molecule has 0 aromatic rings. The van der Waals surface area contributed by atoms with Crippen LogP contribution in [0.5, 0.6) is 0 Å². The molecule has 0 unspecified atom stereocenters. The molecule has 27 heavy (non-hydrogen) atoms. The summed E-state index contributed by atoms with van der Waals surface area (Å²) >= 11 is 0. The van der Waals surface area contributed by atoms with Crippen LogP contribution in [0.1, 0.15) is 61.8 Å². The van der Waals surface area contributed by atoms with E-state index in [0.29, 0.717) is 0 Å². The van der Waals surface area contributed by atoms with E-state index in [4.69, 9.17) is 14.2 Å². The van der Waals surface area contributed by atoms with Crippen LogP contribution in [0.4, 0.5) is 0 Å². The maximum atomic E-state index is 12.7. The Morgan fingerprint density at radius 3 is 1.67 bits per heavy atom. The fourth-order valence-electron chi connectivity index (χ4n) is 2.77. The Morgan fingerprint density at radius 1 is 0.778 bits per heavy atom. The van der Waals surface area contributed by atoms with E-state index in [9.17, 15) is 19.2 Å². The molecular weight excluding hydrogens is 352 g/mol. The van der Waals surface area contributed by atoms with Crippen molar-refractivity contribution in [3.8, 4) is 0 Å². The van der Waals surface area contributed by atoms with Gasteiger partial charge in [0.1, 0.15) is 22.9 Å². The summed E-state index contributed by atoms with van der Waals surface area (Å²) in [5.41, 5.74) is -1.89. The van der Waals surface area contributed by atoms with Crippen molar-refractivity contribution in [2.24, 2.45) is 11.8 Å². The van der Waals surface area contributed by atoms with Crippen LogP contribution in [0.3, 0.4) is 0 Å². The van der Waals surface area contributed by atoms with Crippen LogP contribution in [0.2, 0.25) is 0 Å². The van der Waals surface area contributed by atoms with Gasteiger partial charge in [-0.05, 0) is 48.5 Å². The molecule has 7 nitrogen and oxygen atoms in total. The average Bonchev–Trinajstić information content (AvgIpc) is 2.42. The van der Waals surface area contributed by atoms with Crippen molar-refractivity contribution in [2.75, 3.05) is 6.61 Å². The maximum absolute atomic E-state index is 12.7. The summed E-state index contributed by atoms with van der Waals surface area (Å²) in [5, 5.41) is 0. The van der Waals surface area contributed by atoms with Gasteiger partial charge in [0.2, 0.25) is 0 Å². The minimum Gasteiger partial charge on any atom is -0.463 e. The van der Waals surface area contributed by atoms with Crippen molar-refractivity contribution in [3.63, 3.8) is 0 Å². The Morgan fingerprint density at radius 2 is 1.26 bits per heavy atom. The van der Waals surface area contributed by atoms with E-state index in [0.717, 1.165) is 0 Å². The summed E-state index contributed by atoms with van der Waals surface area (Å²) in [6.45, 7) is 13.4. The Kier molecular flexibility index (Phi) is 6.97. The van der Waals surface area contributed by atoms with Gasteiger partial charge < -0.3 is 14.2 Å². The first-order valence-electron chi connectivity index (χ1n) is 9.13. The zero-order chi connectivity index (χ0) is 21.2. The molecular formula is C20H30O7. The first kappa shape index (κ1) is 22.9. The smallest absolute Gasteiger partial charge is 0.336 e. The van der Waals surface area contributed by atoms with Gasteiger partial charge in [-0.25, -0.2) is 9.59 Å². The summed E-state index contributed by atoms with van der Waals surface area (Å²) in [6.07, 6.45) is 0.106. The van der Waals surface area contributed by atoms with E-state index in [1.165, 1.54) is 0 Å². The Balaban J connectivity index is 3.45. The SMILES string of the molecule is CCOC(=O)C1=C(C(=O)OC(C)(C)C)[C@H](C(=O)OC(C)(C)C)[C@H]1C(=O)CC. The number of carbonyl (C=O) groups is 4. The Labute approximate surface area is 160 Å². The van der Waals surface area contributed by atoms with Crippen molar-refractivity contribution in [2.45, 2.75) is 73.0 Å². The standard InChI is InChI=1S/C20H30O7/c1-9-11(21)12-13(16(22)25-10-2)15(18(24)27-20(6,7)8)14(12)17(23)26-19(3,4)5/h12,14H,9-10H2,1-8H3/t12-,14+/m0/s1. The first-order valence-corrected chi connectivity index (χ1v) is 9.13. The molecule has 0 fully saturated rings. The molecule has 0 N–H and O–H groups in total. The minimum absolute atomic E-state index is 0.0775. The lowest BCUT2D eigenvalue weighted by atomic mass is 9.65. The summed E-state index contributed by atoms with van der Waals surface area (Å²) in [5.74, 6) is -4.91. The number of rotatable bonds is 6. The molecule has 1 rings (SSSR count). The average molecular weight is 382 g/mol. The van der Waals surface area contributed by atoms with E-state index in [2.05, 4.69) is 0 Å². The molecule has 0 amide bonds. The molecule has 1 aliphatic rings. The molecule has 0 aromatic carbocycles. The second kappa shape index (κ2) is 8.23. The molecule has 152 valence electrons. The van der Waals surface area contributed by atoms with Crippen LogP contribution in [0.15, 0.2) is 11.1 Å². The Hall–Kier alpha value is -2.18. The van der Waals surface area contributed by atoms with Crippen molar-refractivity contribution in [1.82, 2.24) is 0 Å². The van der Waals surface area contributed by atoms with Crippen molar-refractivity contribution >= 4 is 23.7 Å². The van der Waals surface area contributed by atoms with Crippen molar-refractivity contribution in [1.29, 1.82) is 0 Å². The molecule has 0 bridgehead atoms. The molecule has 0 saturated carbocycles. The van der Waals surface area contributed by atoms with Gasteiger partial charge >= 0.3 is 17.9 Å². The van der Waals surface area contributed by atoms with Gasteiger partial charge in [-0.15, -0.1) is 0 Å². The van der Waals surface area contributed by atoms with Gasteiger partial charge in [0.15, 0.2) is 0 Å². The third-order valence-electron chi connectivity index (χ3n) is 3.72. The van der Waals surface area contributed by atoms with E-state index < -0.39 is 40.9 Å². The number of ketones is 1. The van der Waals surface area contributed by atoms with Crippen molar-refractivity contribution in [3.05, 3.63) is 11.1 Å². The van der Waals surface area contributed by atoms with Crippen LogP contribution in [-0.4, -0.2) is 41.5 Å². The van der Waals surface area contributed by atoms with E-state index in [1.807, 2.05) is 0 Å². The predicted molar refractivity (Wildman–Crippen MR) is 97.6 cm³/mol. The van der Waals surface area contributed by atoms with E-state index in [-0.39, 0.29) is 30.0 Å². The van der Waals surface area contributed by atoms with Gasteiger partial charge in [0, 0.05) is 6.42 Å².